The van der Waals surface area contributed by atoms with Crippen molar-refractivity contribution in [3.63, 3.8) is 0 Å². The molecule has 0 fully saturated rings. The number of hydrogen-bond donors (Lipinski definition) is 1. The summed E-state index contributed by atoms with van der Waals surface area (Å²) in [5.41, 5.74) is 12.3. The fourth-order valence-corrected chi connectivity index (χ4v) is 3.40. The molecule has 0 atom stereocenters. The number of rotatable bonds is 6. The first-order valence-electron chi connectivity index (χ1n) is 10.1. The Bertz CT molecular complexity index is 986. The third-order valence-corrected chi connectivity index (χ3v) is 4.66. The number of allylic oxidation sites excluding steroid dienone is 3. The van der Waals surface area contributed by atoms with Gasteiger partial charge in [-0.25, -0.2) is 4.99 Å². The van der Waals surface area contributed by atoms with Crippen molar-refractivity contribution in [3.05, 3.63) is 77.3 Å². The van der Waals surface area contributed by atoms with Crippen molar-refractivity contribution in [2.75, 3.05) is 6.54 Å². The van der Waals surface area contributed by atoms with Gasteiger partial charge in [0.05, 0.1) is 11.4 Å². The van der Waals surface area contributed by atoms with E-state index in [1.807, 2.05) is 32.9 Å². The van der Waals surface area contributed by atoms with Gasteiger partial charge in [0.1, 0.15) is 11.4 Å². The quantitative estimate of drug-likeness (QED) is 0.754. The average molecular weight is 387 g/mol. The summed E-state index contributed by atoms with van der Waals surface area (Å²) in [4.78, 5) is 4.89. The zero-order chi connectivity index (χ0) is 21.0. The molecule has 150 valence electrons. The van der Waals surface area contributed by atoms with Crippen LogP contribution in [0.25, 0.3) is 11.6 Å². The molecule has 0 saturated heterocycles. The predicted molar refractivity (Wildman–Crippen MR) is 126 cm³/mol. The Labute approximate surface area is 174 Å². The monoisotopic (exact) mass is 387 g/mol. The normalized spacial score (nSPS) is 16.2. The molecule has 0 saturated carbocycles. The summed E-state index contributed by atoms with van der Waals surface area (Å²) < 4.78 is 8.00. The summed E-state index contributed by atoms with van der Waals surface area (Å²) in [5.74, 6) is 0.878. The van der Waals surface area contributed by atoms with Crippen molar-refractivity contribution in [2.45, 2.75) is 39.7 Å². The van der Waals surface area contributed by atoms with E-state index >= 15 is 0 Å². The van der Waals surface area contributed by atoms with Gasteiger partial charge in [-0.3, -0.25) is 0 Å². The highest BCUT2D eigenvalue weighted by Gasteiger charge is 2.17. The molecule has 3 rings (SSSR count). The summed E-state index contributed by atoms with van der Waals surface area (Å²) in [6.07, 6.45) is 9.12. The third kappa shape index (κ3) is 5.39. The molecule has 4 nitrogen and oxygen atoms in total. The molecule has 1 aromatic carbocycles. The Morgan fingerprint density at radius 1 is 1.17 bits per heavy atom. The Kier molecular flexibility index (Phi) is 6.28. The Hall–Kier alpha value is -2.79. The van der Waals surface area contributed by atoms with Crippen LogP contribution in [0.1, 0.15) is 45.4 Å². The fourth-order valence-electron chi connectivity index (χ4n) is 3.40. The number of hydrogen-bond acceptors (Lipinski definition) is 3. The van der Waals surface area contributed by atoms with Gasteiger partial charge >= 0.3 is 0 Å². The van der Waals surface area contributed by atoms with Crippen molar-refractivity contribution in [1.29, 1.82) is 0 Å². The molecule has 0 radical (unpaired) electrons. The van der Waals surface area contributed by atoms with Gasteiger partial charge in [-0.1, -0.05) is 18.2 Å². The van der Waals surface area contributed by atoms with Crippen LogP contribution in [0.5, 0.6) is 5.75 Å². The van der Waals surface area contributed by atoms with E-state index in [1.165, 1.54) is 16.8 Å². The largest absolute Gasteiger partial charge is 0.488 e. The number of ether oxygens (including phenoxy) is 1. The summed E-state index contributed by atoms with van der Waals surface area (Å²) in [6, 6.07) is 12.3. The molecular formula is C24H30BN3O. The molecule has 0 unspecified atom stereocenters. The molecule has 5 heteroatoms. The van der Waals surface area contributed by atoms with E-state index in [1.54, 1.807) is 0 Å². The van der Waals surface area contributed by atoms with Gasteiger partial charge in [-0.15, -0.1) is 0 Å². The number of benzene rings is 1. The highest BCUT2D eigenvalue weighted by Crippen LogP contribution is 2.31. The average Bonchev–Trinajstić information content (AvgIpc) is 3.23. The maximum absolute atomic E-state index is 5.88. The van der Waals surface area contributed by atoms with Gasteiger partial charge < -0.3 is 14.9 Å². The highest BCUT2D eigenvalue weighted by molar-refractivity contribution is 6.11. The van der Waals surface area contributed by atoms with E-state index in [-0.39, 0.29) is 5.60 Å². The van der Waals surface area contributed by atoms with E-state index in [0.717, 1.165) is 29.1 Å². The maximum Gasteiger partial charge on any atom is 0.223 e. The van der Waals surface area contributed by atoms with Gasteiger partial charge in [0.15, 0.2) is 0 Å². The first kappa shape index (κ1) is 20.9. The minimum Gasteiger partial charge on any atom is -0.488 e. The predicted octanol–water partition coefficient (Wildman–Crippen LogP) is 4.24. The van der Waals surface area contributed by atoms with Crippen LogP contribution in [-0.4, -0.2) is 30.3 Å². The molecular weight excluding hydrogens is 357 g/mol. The van der Waals surface area contributed by atoms with E-state index in [9.17, 15) is 0 Å². The second-order valence-electron chi connectivity index (χ2n) is 8.35. The Balaban J connectivity index is 1.82. The van der Waals surface area contributed by atoms with Crippen molar-refractivity contribution in [2.24, 2.45) is 10.7 Å². The van der Waals surface area contributed by atoms with Crippen molar-refractivity contribution >= 4 is 25.3 Å². The minimum atomic E-state index is -0.194. The smallest absolute Gasteiger partial charge is 0.223 e. The lowest BCUT2D eigenvalue weighted by Gasteiger charge is -2.21. The van der Waals surface area contributed by atoms with Crippen LogP contribution in [0.2, 0.25) is 0 Å². The summed E-state index contributed by atoms with van der Waals surface area (Å²) >= 11 is 0. The zero-order valence-corrected chi connectivity index (χ0v) is 18.1. The molecule has 0 spiro atoms. The molecule has 0 amide bonds. The van der Waals surface area contributed by atoms with Gasteiger partial charge in [-0.05, 0) is 94.4 Å². The Morgan fingerprint density at radius 3 is 2.48 bits per heavy atom. The first-order chi connectivity index (χ1) is 13.8. The summed E-state index contributed by atoms with van der Waals surface area (Å²) in [5, 5.41) is 0. The molecule has 1 aromatic heterocycles. The minimum absolute atomic E-state index is 0.194. The second-order valence-corrected chi connectivity index (χ2v) is 8.35. The Morgan fingerprint density at radius 2 is 1.90 bits per heavy atom. The first-order valence-corrected chi connectivity index (χ1v) is 10.1. The zero-order valence-electron chi connectivity index (χ0n) is 18.1. The highest BCUT2D eigenvalue weighted by atomic mass is 16.5. The molecule has 0 aliphatic carbocycles. The molecule has 2 aromatic rings. The molecule has 0 bridgehead atoms. The van der Waals surface area contributed by atoms with Crippen LogP contribution in [0.4, 0.5) is 0 Å². The van der Waals surface area contributed by atoms with E-state index in [0.29, 0.717) is 6.54 Å². The van der Waals surface area contributed by atoms with Gasteiger partial charge in [0.25, 0.3) is 0 Å². The second kappa shape index (κ2) is 8.70. The molecule has 29 heavy (non-hydrogen) atoms. The number of nitrogens with two attached hydrogens (primary N) is 1. The van der Waals surface area contributed by atoms with Crippen LogP contribution in [-0.2, 0) is 0 Å². The van der Waals surface area contributed by atoms with Crippen molar-refractivity contribution in [3.8, 4) is 5.75 Å². The lowest BCUT2D eigenvalue weighted by Crippen LogP contribution is -2.22. The number of aliphatic imine (C=N–C) groups is 1. The molecule has 2 heterocycles. The van der Waals surface area contributed by atoms with E-state index < -0.39 is 0 Å². The van der Waals surface area contributed by atoms with Crippen LogP contribution in [0, 0.1) is 0 Å². The number of aromatic nitrogens is 1. The fraction of sp³-hybridized carbons (Fsp3) is 0.292. The van der Waals surface area contributed by atoms with Crippen molar-refractivity contribution in [1.82, 2.24) is 4.48 Å². The van der Waals surface area contributed by atoms with Gasteiger partial charge in [-0.2, -0.15) is 0 Å². The lowest BCUT2D eigenvalue weighted by molar-refractivity contribution is 0.131. The molecule has 1 aliphatic rings. The molecule has 2 N–H and O–H groups in total. The van der Waals surface area contributed by atoms with Crippen LogP contribution >= 0.6 is 0 Å². The van der Waals surface area contributed by atoms with Crippen LogP contribution in [0.3, 0.4) is 0 Å². The van der Waals surface area contributed by atoms with Crippen LogP contribution in [0.15, 0.2) is 71.0 Å². The topological polar surface area (TPSA) is 52.5 Å². The van der Waals surface area contributed by atoms with E-state index in [2.05, 4.69) is 68.1 Å². The summed E-state index contributed by atoms with van der Waals surface area (Å²) in [6.45, 7) is 8.85. The third-order valence-electron chi connectivity index (χ3n) is 4.66. The number of nitrogens with zero attached hydrogens (tertiary/aromatic N) is 2. The van der Waals surface area contributed by atoms with E-state index in [4.69, 9.17) is 15.5 Å². The molecule has 1 aliphatic heterocycles. The standard InChI is InChI=1S/C24H30BN3O/c1-17-16-19(10-7-18-8-11-20(12-9-18)29-24(2,3)4)27-23(17)21(13-14-26)22-6-5-15-28(22)25/h5-12,15-16H,13-14,25-26H2,1-4H3/b10-7+,23-21-. The maximum atomic E-state index is 5.88. The van der Waals surface area contributed by atoms with Gasteiger partial charge in [0, 0.05) is 11.3 Å². The van der Waals surface area contributed by atoms with Gasteiger partial charge in [0.2, 0.25) is 7.98 Å². The summed E-state index contributed by atoms with van der Waals surface area (Å²) in [7, 11) is 2.05. The van der Waals surface area contributed by atoms with Crippen molar-refractivity contribution < 1.29 is 4.74 Å². The van der Waals surface area contributed by atoms with Crippen LogP contribution < -0.4 is 10.5 Å². The SMILES string of the molecule is Bn1cccc1/C(CCN)=C1N=C(/C=C/c2ccc(OC(C)(C)C)cc2)C=C\1C. The lowest BCUT2D eigenvalue weighted by atomic mass is 10.0.